The highest BCUT2D eigenvalue weighted by Gasteiger charge is 2.25. The van der Waals surface area contributed by atoms with Crippen LogP contribution < -0.4 is 5.32 Å². The summed E-state index contributed by atoms with van der Waals surface area (Å²) >= 11 is 0. The topological polar surface area (TPSA) is 39.1 Å². The maximum absolute atomic E-state index is 5.69. The lowest BCUT2D eigenvalue weighted by molar-refractivity contribution is 0.0246. The van der Waals surface area contributed by atoms with Crippen LogP contribution in [0.5, 0.6) is 0 Å². The predicted octanol–water partition coefficient (Wildman–Crippen LogP) is 2.20. The SMILES string of the molecule is c1cn(C2CC2)c(NCC2CCCCO2)n1. The van der Waals surface area contributed by atoms with Gasteiger partial charge in [-0.05, 0) is 32.1 Å². The average molecular weight is 221 g/mol. The van der Waals surface area contributed by atoms with Gasteiger partial charge in [0, 0.05) is 31.6 Å². The maximum Gasteiger partial charge on any atom is 0.203 e. The molecule has 0 radical (unpaired) electrons. The Hall–Kier alpha value is -1.03. The molecule has 4 heteroatoms. The van der Waals surface area contributed by atoms with E-state index in [0.29, 0.717) is 12.1 Å². The van der Waals surface area contributed by atoms with Gasteiger partial charge in [0.15, 0.2) is 0 Å². The molecule has 2 aliphatic rings. The van der Waals surface area contributed by atoms with Crippen molar-refractivity contribution in [1.82, 2.24) is 9.55 Å². The van der Waals surface area contributed by atoms with Gasteiger partial charge >= 0.3 is 0 Å². The van der Waals surface area contributed by atoms with Crippen LogP contribution in [-0.4, -0.2) is 28.8 Å². The molecule has 1 saturated carbocycles. The molecule has 1 aliphatic heterocycles. The van der Waals surface area contributed by atoms with Crippen molar-refractivity contribution in [1.29, 1.82) is 0 Å². The van der Waals surface area contributed by atoms with E-state index in [1.165, 1.54) is 32.1 Å². The Morgan fingerprint density at radius 1 is 1.38 bits per heavy atom. The van der Waals surface area contributed by atoms with Crippen molar-refractivity contribution in [2.45, 2.75) is 44.2 Å². The van der Waals surface area contributed by atoms with Crippen LogP contribution in [0, 0.1) is 0 Å². The van der Waals surface area contributed by atoms with Crippen LogP contribution in [0.1, 0.15) is 38.1 Å². The number of anilines is 1. The minimum absolute atomic E-state index is 0.373. The van der Waals surface area contributed by atoms with Crippen molar-refractivity contribution in [2.24, 2.45) is 0 Å². The van der Waals surface area contributed by atoms with Gasteiger partial charge in [0.05, 0.1) is 6.10 Å². The predicted molar refractivity (Wildman–Crippen MR) is 62.6 cm³/mol. The van der Waals surface area contributed by atoms with E-state index in [0.717, 1.165) is 19.1 Å². The van der Waals surface area contributed by atoms with E-state index in [1.807, 2.05) is 6.20 Å². The molecule has 4 nitrogen and oxygen atoms in total. The molecule has 0 spiro atoms. The first kappa shape index (κ1) is 10.1. The molecule has 1 atom stereocenters. The molecule has 0 amide bonds. The number of nitrogens with one attached hydrogen (secondary N) is 1. The first-order valence-electron chi connectivity index (χ1n) is 6.32. The van der Waals surface area contributed by atoms with E-state index in [-0.39, 0.29) is 0 Å². The van der Waals surface area contributed by atoms with Crippen LogP contribution in [0.2, 0.25) is 0 Å². The zero-order chi connectivity index (χ0) is 10.8. The van der Waals surface area contributed by atoms with Gasteiger partial charge < -0.3 is 14.6 Å². The molecule has 0 bridgehead atoms. The summed E-state index contributed by atoms with van der Waals surface area (Å²) in [4.78, 5) is 4.36. The smallest absolute Gasteiger partial charge is 0.203 e. The fourth-order valence-corrected chi connectivity index (χ4v) is 2.27. The van der Waals surface area contributed by atoms with Gasteiger partial charge in [-0.3, -0.25) is 0 Å². The van der Waals surface area contributed by atoms with E-state index >= 15 is 0 Å². The van der Waals surface area contributed by atoms with Gasteiger partial charge in [-0.2, -0.15) is 0 Å². The molecule has 1 aromatic rings. The highest BCUT2D eigenvalue weighted by Crippen LogP contribution is 2.36. The number of imidazole rings is 1. The molecule has 16 heavy (non-hydrogen) atoms. The van der Waals surface area contributed by atoms with Crippen molar-refractivity contribution >= 4 is 5.95 Å². The van der Waals surface area contributed by atoms with Crippen molar-refractivity contribution in [2.75, 3.05) is 18.5 Å². The van der Waals surface area contributed by atoms with Gasteiger partial charge in [0.2, 0.25) is 5.95 Å². The summed E-state index contributed by atoms with van der Waals surface area (Å²) < 4.78 is 7.95. The summed E-state index contributed by atoms with van der Waals surface area (Å²) in [6, 6.07) is 0.692. The highest BCUT2D eigenvalue weighted by molar-refractivity contribution is 5.27. The molecule has 3 rings (SSSR count). The van der Waals surface area contributed by atoms with Gasteiger partial charge in [-0.1, -0.05) is 0 Å². The minimum atomic E-state index is 0.373. The molecule has 88 valence electrons. The maximum atomic E-state index is 5.69. The minimum Gasteiger partial charge on any atom is -0.376 e. The molecule has 1 aliphatic carbocycles. The Morgan fingerprint density at radius 2 is 2.31 bits per heavy atom. The lowest BCUT2D eigenvalue weighted by Crippen LogP contribution is -2.27. The lowest BCUT2D eigenvalue weighted by atomic mass is 10.1. The third-order valence-corrected chi connectivity index (χ3v) is 3.37. The third kappa shape index (κ3) is 2.21. The Morgan fingerprint density at radius 3 is 3.06 bits per heavy atom. The lowest BCUT2D eigenvalue weighted by Gasteiger charge is -2.23. The fraction of sp³-hybridized carbons (Fsp3) is 0.750. The van der Waals surface area contributed by atoms with E-state index in [9.17, 15) is 0 Å². The van der Waals surface area contributed by atoms with Crippen LogP contribution >= 0.6 is 0 Å². The molecule has 2 fully saturated rings. The Bertz CT molecular complexity index is 340. The fourth-order valence-electron chi connectivity index (χ4n) is 2.27. The number of hydrogen-bond donors (Lipinski definition) is 1. The van der Waals surface area contributed by atoms with Crippen LogP contribution in [0.25, 0.3) is 0 Å². The number of hydrogen-bond acceptors (Lipinski definition) is 3. The summed E-state index contributed by atoms with van der Waals surface area (Å²) in [5.74, 6) is 1.01. The summed E-state index contributed by atoms with van der Waals surface area (Å²) in [7, 11) is 0. The van der Waals surface area contributed by atoms with E-state index in [1.54, 1.807) is 0 Å². The molecule has 1 aromatic heterocycles. The Balaban J connectivity index is 1.54. The van der Waals surface area contributed by atoms with Crippen LogP contribution in [0.3, 0.4) is 0 Å². The quantitative estimate of drug-likeness (QED) is 0.847. The second kappa shape index (κ2) is 4.45. The van der Waals surface area contributed by atoms with Crippen LogP contribution in [-0.2, 0) is 4.74 Å². The molecule has 1 N–H and O–H groups in total. The second-order valence-corrected chi connectivity index (χ2v) is 4.76. The zero-order valence-electron chi connectivity index (χ0n) is 9.56. The second-order valence-electron chi connectivity index (χ2n) is 4.76. The van der Waals surface area contributed by atoms with E-state index < -0.39 is 0 Å². The van der Waals surface area contributed by atoms with Gasteiger partial charge in [0.25, 0.3) is 0 Å². The monoisotopic (exact) mass is 221 g/mol. The van der Waals surface area contributed by atoms with Gasteiger partial charge in [-0.25, -0.2) is 4.98 Å². The molecule has 0 aromatic carbocycles. The van der Waals surface area contributed by atoms with Crippen molar-refractivity contribution in [3.8, 4) is 0 Å². The number of aromatic nitrogens is 2. The summed E-state index contributed by atoms with van der Waals surface area (Å²) in [5.41, 5.74) is 0. The molecule has 1 unspecified atom stereocenters. The third-order valence-electron chi connectivity index (χ3n) is 3.37. The average Bonchev–Trinajstić information content (AvgIpc) is 3.07. The Kier molecular flexibility index (Phi) is 2.82. The van der Waals surface area contributed by atoms with Gasteiger partial charge in [0.1, 0.15) is 0 Å². The van der Waals surface area contributed by atoms with Crippen molar-refractivity contribution in [3.05, 3.63) is 12.4 Å². The van der Waals surface area contributed by atoms with Crippen molar-refractivity contribution in [3.63, 3.8) is 0 Å². The van der Waals surface area contributed by atoms with Crippen LogP contribution in [0.15, 0.2) is 12.4 Å². The summed E-state index contributed by atoms with van der Waals surface area (Å²) in [6.07, 6.45) is 10.6. The first-order chi connectivity index (χ1) is 7.93. The van der Waals surface area contributed by atoms with Crippen molar-refractivity contribution < 1.29 is 4.74 Å². The first-order valence-corrected chi connectivity index (χ1v) is 6.32. The summed E-state index contributed by atoms with van der Waals surface area (Å²) in [6.45, 7) is 1.81. The van der Waals surface area contributed by atoms with E-state index in [4.69, 9.17) is 4.74 Å². The highest BCUT2D eigenvalue weighted by atomic mass is 16.5. The molecule has 2 heterocycles. The largest absolute Gasteiger partial charge is 0.376 e. The van der Waals surface area contributed by atoms with Crippen LogP contribution in [0.4, 0.5) is 5.95 Å². The zero-order valence-corrected chi connectivity index (χ0v) is 9.56. The number of nitrogens with zero attached hydrogens (tertiary/aromatic N) is 2. The normalized spacial score (nSPS) is 25.6. The number of ether oxygens (including phenoxy) is 1. The van der Waals surface area contributed by atoms with E-state index in [2.05, 4.69) is 21.1 Å². The molecular weight excluding hydrogens is 202 g/mol. The molecule has 1 saturated heterocycles. The molecular formula is C12H19N3O. The summed E-state index contributed by atoms with van der Waals surface area (Å²) in [5, 5.41) is 3.41. The van der Waals surface area contributed by atoms with Gasteiger partial charge in [-0.15, -0.1) is 0 Å². The number of rotatable bonds is 4. The standard InChI is InChI=1S/C12H19N3O/c1-2-8-16-11(3-1)9-14-12-13-6-7-15(12)10-4-5-10/h6-7,10-11H,1-5,8-9H2,(H,13,14). The Labute approximate surface area is 96.0 Å².